The molecule has 0 saturated carbocycles. The first-order valence-electron chi connectivity index (χ1n) is 8.60. The van der Waals surface area contributed by atoms with Gasteiger partial charge in [-0.15, -0.1) is 0 Å². The van der Waals surface area contributed by atoms with E-state index in [-0.39, 0.29) is 17.4 Å². The smallest absolute Gasteiger partial charge is 0.251 e. The molecular formula is C21H26N2O2. The van der Waals surface area contributed by atoms with Crippen LogP contribution < -0.4 is 10.6 Å². The molecule has 0 aliphatic carbocycles. The molecule has 0 saturated heterocycles. The van der Waals surface area contributed by atoms with Gasteiger partial charge in [0.05, 0.1) is 0 Å². The lowest BCUT2D eigenvalue weighted by Gasteiger charge is -2.20. The molecule has 0 radical (unpaired) electrons. The Morgan fingerprint density at radius 2 is 1.40 bits per heavy atom. The molecule has 132 valence electrons. The van der Waals surface area contributed by atoms with Gasteiger partial charge in [-0.3, -0.25) is 9.59 Å². The van der Waals surface area contributed by atoms with E-state index in [0.717, 1.165) is 12.8 Å². The average Bonchev–Trinajstić information content (AvgIpc) is 2.58. The van der Waals surface area contributed by atoms with E-state index in [1.165, 1.54) is 5.56 Å². The molecule has 0 fully saturated rings. The van der Waals surface area contributed by atoms with Gasteiger partial charge in [-0.25, -0.2) is 0 Å². The maximum absolute atomic E-state index is 12.2. The zero-order chi connectivity index (χ0) is 18.3. The molecule has 0 bridgehead atoms. The van der Waals surface area contributed by atoms with Crippen molar-refractivity contribution in [2.45, 2.75) is 39.2 Å². The topological polar surface area (TPSA) is 58.2 Å². The summed E-state index contributed by atoms with van der Waals surface area (Å²) < 4.78 is 0. The lowest BCUT2D eigenvalue weighted by Crippen LogP contribution is -2.40. The van der Waals surface area contributed by atoms with Gasteiger partial charge in [-0.2, -0.15) is 0 Å². The molecule has 4 heteroatoms. The fourth-order valence-electron chi connectivity index (χ4n) is 2.43. The van der Waals surface area contributed by atoms with Crippen molar-refractivity contribution in [3.05, 3.63) is 71.3 Å². The molecular weight excluding hydrogens is 312 g/mol. The van der Waals surface area contributed by atoms with Crippen molar-refractivity contribution in [1.82, 2.24) is 10.6 Å². The molecule has 0 aliphatic heterocycles. The number of rotatable bonds is 6. The van der Waals surface area contributed by atoms with Crippen LogP contribution in [0.4, 0.5) is 0 Å². The van der Waals surface area contributed by atoms with Gasteiger partial charge in [0.25, 0.3) is 11.8 Å². The van der Waals surface area contributed by atoms with E-state index in [4.69, 9.17) is 0 Å². The largest absolute Gasteiger partial charge is 0.352 e. The third-order valence-electron chi connectivity index (χ3n) is 3.67. The van der Waals surface area contributed by atoms with Crippen LogP contribution in [0.25, 0.3) is 0 Å². The SMILES string of the molecule is CC(C)(C)NC(=O)c1ccc(C(=O)NCCCc2ccccc2)cc1. The number of aryl methyl sites for hydroxylation is 1. The average molecular weight is 338 g/mol. The molecule has 4 nitrogen and oxygen atoms in total. The number of hydrogen-bond acceptors (Lipinski definition) is 2. The Morgan fingerprint density at radius 3 is 1.96 bits per heavy atom. The first kappa shape index (κ1) is 18.7. The van der Waals surface area contributed by atoms with Crippen LogP contribution >= 0.6 is 0 Å². The quantitative estimate of drug-likeness (QED) is 0.791. The van der Waals surface area contributed by atoms with E-state index in [2.05, 4.69) is 22.8 Å². The Balaban J connectivity index is 1.81. The first-order valence-corrected chi connectivity index (χ1v) is 8.60. The summed E-state index contributed by atoms with van der Waals surface area (Å²) in [5, 5.41) is 5.82. The van der Waals surface area contributed by atoms with Gasteiger partial charge < -0.3 is 10.6 Å². The summed E-state index contributed by atoms with van der Waals surface area (Å²) in [4.78, 5) is 24.2. The van der Waals surface area contributed by atoms with Crippen molar-refractivity contribution in [2.75, 3.05) is 6.54 Å². The normalized spacial score (nSPS) is 11.0. The summed E-state index contributed by atoms with van der Waals surface area (Å²) in [6.07, 6.45) is 1.83. The molecule has 2 amide bonds. The minimum atomic E-state index is -0.286. The molecule has 0 spiro atoms. The molecule has 2 rings (SSSR count). The summed E-state index contributed by atoms with van der Waals surface area (Å²) >= 11 is 0. The van der Waals surface area contributed by atoms with E-state index >= 15 is 0 Å². The number of carbonyl (C=O) groups is 2. The van der Waals surface area contributed by atoms with Crippen molar-refractivity contribution >= 4 is 11.8 Å². The van der Waals surface area contributed by atoms with Crippen LogP contribution in [-0.2, 0) is 6.42 Å². The summed E-state index contributed by atoms with van der Waals surface area (Å²) in [5.74, 6) is -0.252. The second-order valence-corrected chi connectivity index (χ2v) is 7.13. The van der Waals surface area contributed by atoms with Crippen LogP contribution in [-0.4, -0.2) is 23.9 Å². The van der Waals surface area contributed by atoms with Crippen LogP contribution in [0.1, 0.15) is 53.5 Å². The molecule has 25 heavy (non-hydrogen) atoms. The van der Waals surface area contributed by atoms with Gasteiger partial charge >= 0.3 is 0 Å². The summed E-state index contributed by atoms with van der Waals surface area (Å²) in [6.45, 7) is 6.42. The van der Waals surface area contributed by atoms with Crippen LogP contribution in [0, 0.1) is 0 Å². The van der Waals surface area contributed by atoms with Gasteiger partial charge in [0, 0.05) is 23.2 Å². The predicted octanol–water partition coefficient (Wildman–Crippen LogP) is 3.58. The highest BCUT2D eigenvalue weighted by atomic mass is 16.2. The lowest BCUT2D eigenvalue weighted by atomic mass is 10.1. The number of amides is 2. The fraction of sp³-hybridized carbons (Fsp3) is 0.333. The molecule has 0 aromatic heterocycles. The van der Waals surface area contributed by atoms with Crippen molar-refractivity contribution in [3.8, 4) is 0 Å². The highest BCUT2D eigenvalue weighted by Gasteiger charge is 2.15. The zero-order valence-electron chi connectivity index (χ0n) is 15.1. The van der Waals surface area contributed by atoms with Gasteiger partial charge in [0.2, 0.25) is 0 Å². The summed E-state index contributed by atoms with van der Waals surface area (Å²) in [7, 11) is 0. The molecule has 0 atom stereocenters. The van der Waals surface area contributed by atoms with Crippen molar-refractivity contribution in [2.24, 2.45) is 0 Å². The fourth-order valence-corrected chi connectivity index (χ4v) is 2.43. The Bertz CT molecular complexity index is 701. The Kier molecular flexibility index (Phi) is 6.34. The molecule has 0 heterocycles. The van der Waals surface area contributed by atoms with Crippen LogP contribution in [0.3, 0.4) is 0 Å². The van der Waals surface area contributed by atoms with Crippen LogP contribution in [0.5, 0.6) is 0 Å². The predicted molar refractivity (Wildman–Crippen MR) is 101 cm³/mol. The van der Waals surface area contributed by atoms with Gasteiger partial charge in [0.15, 0.2) is 0 Å². The zero-order valence-corrected chi connectivity index (χ0v) is 15.1. The van der Waals surface area contributed by atoms with Crippen LogP contribution in [0.2, 0.25) is 0 Å². The number of benzene rings is 2. The van der Waals surface area contributed by atoms with Crippen molar-refractivity contribution in [1.29, 1.82) is 0 Å². The van der Waals surface area contributed by atoms with E-state index in [0.29, 0.717) is 17.7 Å². The standard InChI is InChI=1S/C21H26N2O2/c1-21(2,3)23-20(25)18-13-11-17(12-14-18)19(24)22-15-7-10-16-8-5-4-6-9-16/h4-6,8-9,11-14H,7,10,15H2,1-3H3,(H,22,24)(H,23,25). The Morgan fingerprint density at radius 1 is 0.840 bits per heavy atom. The second kappa shape index (κ2) is 8.47. The summed E-state index contributed by atoms with van der Waals surface area (Å²) in [5.41, 5.74) is 2.10. The van der Waals surface area contributed by atoms with E-state index in [1.807, 2.05) is 39.0 Å². The lowest BCUT2D eigenvalue weighted by molar-refractivity contribution is 0.0915. The molecule has 0 unspecified atom stereocenters. The molecule has 2 aromatic carbocycles. The molecule has 0 aliphatic rings. The highest BCUT2D eigenvalue weighted by molar-refractivity contribution is 5.98. The minimum absolute atomic E-state index is 0.115. The Labute approximate surface area is 149 Å². The van der Waals surface area contributed by atoms with Gasteiger partial charge in [-0.05, 0) is 63.4 Å². The third-order valence-corrected chi connectivity index (χ3v) is 3.67. The summed E-state index contributed by atoms with van der Waals surface area (Å²) in [6, 6.07) is 16.9. The number of carbonyl (C=O) groups excluding carboxylic acids is 2. The maximum atomic E-state index is 12.2. The third kappa shape index (κ3) is 6.42. The minimum Gasteiger partial charge on any atom is -0.352 e. The molecule has 2 aromatic rings. The first-order chi connectivity index (χ1) is 11.8. The van der Waals surface area contributed by atoms with Crippen LogP contribution in [0.15, 0.2) is 54.6 Å². The monoisotopic (exact) mass is 338 g/mol. The second-order valence-electron chi connectivity index (χ2n) is 7.13. The van der Waals surface area contributed by atoms with E-state index in [9.17, 15) is 9.59 Å². The van der Waals surface area contributed by atoms with Crippen molar-refractivity contribution in [3.63, 3.8) is 0 Å². The van der Waals surface area contributed by atoms with E-state index in [1.54, 1.807) is 24.3 Å². The highest BCUT2D eigenvalue weighted by Crippen LogP contribution is 2.08. The van der Waals surface area contributed by atoms with Gasteiger partial charge in [-0.1, -0.05) is 30.3 Å². The number of hydrogen-bond donors (Lipinski definition) is 2. The van der Waals surface area contributed by atoms with Crippen molar-refractivity contribution < 1.29 is 9.59 Å². The Hall–Kier alpha value is -2.62. The maximum Gasteiger partial charge on any atom is 0.251 e. The van der Waals surface area contributed by atoms with Gasteiger partial charge in [0.1, 0.15) is 0 Å². The molecule has 2 N–H and O–H groups in total. The number of nitrogens with one attached hydrogen (secondary N) is 2. The van der Waals surface area contributed by atoms with E-state index < -0.39 is 0 Å².